The van der Waals surface area contributed by atoms with Gasteiger partial charge in [-0.1, -0.05) is 54.6 Å². The summed E-state index contributed by atoms with van der Waals surface area (Å²) in [7, 11) is 1.69. The Morgan fingerprint density at radius 1 is 0.917 bits per heavy atom. The average molecular weight is 331 g/mol. The SMILES string of the molecule is COc1ccccc1CN=Cc1cccc2c1sc1ccccc12. The van der Waals surface area contributed by atoms with Crippen LogP contribution in [0.25, 0.3) is 20.2 Å². The van der Waals surface area contributed by atoms with Crippen LogP contribution in [-0.2, 0) is 6.54 Å². The van der Waals surface area contributed by atoms with Gasteiger partial charge in [-0.2, -0.15) is 0 Å². The molecule has 0 N–H and O–H groups in total. The number of hydrogen-bond acceptors (Lipinski definition) is 3. The highest BCUT2D eigenvalue weighted by atomic mass is 32.1. The molecule has 0 unspecified atom stereocenters. The molecule has 0 saturated carbocycles. The summed E-state index contributed by atoms with van der Waals surface area (Å²) in [5.41, 5.74) is 2.27. The van der Waals surface area contributed by atoms with E-state index in [4.69, 9.17) is 4.74 Å². The van der Waals surface area contributed by atoms with Gasteiger partial charge in [-0.15, -0.1) is 11.3 Å². The number of methoxy groups -OCH3 is 1. The molecule has 2 nitrogen and oxygen atoms in total. The highest BCUT2D eigenvalue weighted by Crippen LogP contribution is 2.35. The van der Waals surface area contributed by atoms with E-state index in [1.165, 1.54) is 25.7 Å². The largest absolute Gasteiger partial charge is 0.496 e. The molecule has 0 aliphatic carbocycles. The number of fused-ring (bicyclic) bond motifs is 3. The summed E-state index contributed by atoms with van der Waals surface area (Å²) < 4.78 is 8.00. The first-order valence-electron chi connectivity index (χ1n) is 7.89. The lowest BCUT2D eigenvalue weighted by Crippen LogP contribution is -1.90. The van der Waals surface area contributed by atoms with E-state index < -0.39 is 0 Å². The molecule has 1 heterocycles. The molecule has 118 valence electrons. The van der Waals surface area contributed by atoms with Crippen LogP contribution in [0, 0.1) is 0 Å². The Bertz CT molecular complexity index is 1030. The lowest BCUT2D eigenvalue weighted by molar-refractivity contribution is 0.410. The zero-order valence-corrected chi connectivity index (χ0v) is 14.2. The molecule has 3 aromatic carbocycles. The number of para-hydroxylation sites is 1. The maximum absolute atomic E-state index is 5.39. The van der Waals surface area contributed by atoms with E-state index in [0.717, 1.165) is 11.3 Å². The van der Waals surface area contributed by atoms with Gasteiger partial charge in [0.15, 0.2) is 0 Å². The Balaban J connectivity index is 1.69. The van der Waals surface area contributed by atoms with Gasteiger partial charge in [-0.3, -0.25) is 4.99 Å². The van der Waals surface area contributed by atoms with Crippen molar-refractivity contribution >= 4 is 37.7 Å². The summed E-state index contributed by atoms with van der Waals surface area (Å²) >= 11 is 1.83. The van der Waals surface area contributed by atoms with E-state index in [1.807, 2.05) is 35.8 Å². The predicted molar refractivity (Wildman–Crippen MR) is 104 cm³/mol. The average Bonchev–Trinajstić information content (AvgIpc) is 3.02. The summed E-state index contributed by atoms with van der Waals surface area (Å²) in [4.78, 5) is 4.64. The van der Waals surface area contributed by atoms with Crippen LogP contribution < -0.4 is 4.74 Å². The van der Waals surface area contributed by atoms with Crippen molar-refractivity contribution in [2.45, 2.75) is 6.54 Å². The second kappa shape index (κ2) is 6.46. The molecule has 0 fully saturated rings. The molecule has 4 aromatic rings. The van der Waals surface area contributed by atoms with E-state index in [1.54, 1.807) is 7.11 Å². The molecule has 24 heavy (non-hydrogen) atoms. The number of nitrogens with zero attached hydrogens (tertiary/aromatic N) is 1. The Morgan fingerprint density at radius 3 is 2.62 bits per heavy atom. The smallest absolute Gasteiger partial charge is 0.123 e. The molecule has 0 bridgehead atoms. The molecule has 0 aliphatic heterocycles. The molecule has 4 rings (SSSR count). The van der Waals surface area contributed by atoms with Gasteiger partial charge >= 0.3 is 0 Å². The van der Waals surface area contributed by atoms with Crippen molar-refractivity contribution in [2.75, 3.05) is 7.11 Å². The van der Waals surface area contributed by atoms with Crippen molar-refractivity contribution in [2.24, 2.45) is 4.99 Å². The fraction of sp³-hybridized carbons (Fsp3) is 0.0952. The van der Waals surface area contributed by atoms with Crippen molar-refractivity contribution in [3.63, 3.8) is 0 Å². The minimum Gasteiger partial charge on any atom is -0.496 e. The third-order valence-corrected chi connectivity index (χ3v) is 5.35. The molecule has 0 aliphatic rings. The number of rotatable bonds is 4. The first kappa shape index (κ1) is 14.9. The molecule has 0 spiro atoms. The van der Waals surface area contributed by atoms with Gasteiger partial charge in [0.2, 0.25) is 0 Å². The monoisotopic (exact) mass is 331 g/mol. The summed E-state index contributed by atoms with van der Waals surface area (Å²) in [5, 5.41) is 2.62. The third-order valence-electron chi connectivity index (χ3n) is 4.12. The van der Waals surface area contributed by atoms with E-state index in [0.29, 0.717) is 6.54 Å². The van der Waals surface area contributed by atoms with Gasteiger partial charge in [-0.05, 0) is 12.1 Å². The van der Waals surface area contributed by atoms with Crippen molar-refractivity contribution < 1.29 is 4.74 Å². The Labute approximate surface area is 145 Å². The number of hydrogen-bond donors (Lipinski definition) is 0. The lowest BCUT2D eigenvalue weighted by atomic mass is 10.1. The quantitative estimate of drug-likeness (QED) is 0.441. The maximum atomic E-state index is 5.39. The van der Waals surface area contributed by atoms with E-state index in [9.17, 15) is 0 Å². The predicted octanol–water partition coefficient (Wildman–Crippen LogP) is 5.68. The van der Waals surface area contributed by atoms with Crippen LogP contribution >= 0.6 is 11.3 Å². The lowest BCUT2D eigenvalue weighted by Gasteiger charge is -2.05. The van der Waals surface area contributed by atoms with Crippen molar-refractivity contribution in [1.82, 2.24) is 0 Å². The fourth-order valence-electron chi connectivity index (χ4n) is 2.95. The highest BCUT2D eigenvalue weighted by molar-refractivity contribution is 7.26. The normalized spacial score (nSPS) is 11.5. The number of aliphatic imine (C=N–C) groups is 1. The van der Waals surface area contributed by atoms with Gasteiger partial charge in [0.25, 0.3) is 0 Å². The molecule has 0 radical (unpaired) electrons. The standard InChI is InChI=1S/C21H17NOS/c1-23-19-11-4-2-7-15(19)13-22-14-16-8-6-10-18-17-9-3-5-12-20(17)24-21(16)18/h2-12,14H,13H2,1H3. The zero-order chi connectivity index (χ0) is 16.4. The number of benzene rings is 3. The summed E-state index contributed by atoms with van der Waals surface area (Å²) in [6.07, 6.45) is 1.98. The van der Waals surface area contributed by atoms with Crippen molar-refractivity contribution in [3.05, 3.63) is 77.9 Å². The van der Waals surface area contributed by atoms with Gasteiger partial charge in [0.05, 0.1) is 13.7 Å². The summed E-state index contributed by atoms with van der Waals surface area (Å²) in [6.45, 7) is 0.616. The molecule has 0 amide bonds. The van der Waals surface area contributed by atoms with Crippen molar-refractivity contribution in [3.8, 4) is 5.75 Å². The molecular weight excluding hydrogens is 314 g/mol. The Hall–Kier alpha value is -2.65. The second-order valence-electron chi connectivity index (χ2n) is 5.60. The molecule has 1 aromatic heterocycles. The maximum Gasteiger partial charge on any atom is 0.123 e. The van der Waals surface area contributed by atoms with Crippen molar-refractivity contribution in [1.29, 1.82) is 0 Å². The molecule has 3 heteroatoms. The first-order valence-corrected chi connectivity index (χ1v) is 8.70. The van der Waals surface area contributed by atoms with Gasteiger partial charge in [-0.25, -0.2) is 0 Å². The van der Waals surface area contributed by atoms with Crippen LogP contribution in [0.15, 0.2) is 71.7 Å². The van der Waals surface area contributed by atoms with Gasteiger partial charge < -0.3 is 4.74 Å². The zero-order valence-electron chi connectivity index (χ0n) is 13.4. The van der Waals surface area contributed by atoms with Gasteiger partial charge in [0.1, 0.15) is 5.75 Å². The molecule has 0 atom stereocenters. The summed E-state index contributed by atoms with van der Waals surface area (Å²) in [6, 6.07) is 23.0. The Kier molecular flexibility index (Phi) is 4.01. The minimum atomic E-state index is 0.616. The van der Waals surface area contributed by atoms with Gasteiger partial charge in [0, 0.05) is 37.5 Å². The fourth-order valence-corrected chi connectivity index (χ4v) is 4.13. The topological polar surface area (TPSA) is 21.6 Å². The van der Waals surface area contributed by atoms with E-state index in [2.05, 4.69) is 53.5 Å². The summed E-state index contributed by atoms with van der Waals surface area (Å²) in [5.74, 6) is 0.884. The molecule has 0 saturated heterocycles. The van der Waals surface area contributed by atoms with Crippen LogP contribution in [0.5, 0.6) is 5.75 Å². The number of ether oxygens (including phenoxy) is 1. The van der Waals surface area contributed by atoms with Crippen LogP contribution in [0.4, 0.5) is 0 Å². The van der Waals surface area contributed by atoms with Crippen LogP contribution in [0.2, 0.25) is 0 Å². The van der Waals surface area contributed by atoms with E-state index >= 15 is 0 Å². The minimum absolute atomic E-state index is 0.616. The third kappa shape index (κ3) is 2.68. The molecular formula is C21H17NOS. The van der Waals surface area contributed by atoms with Crippen LogP contribution in [0.1, 0.15) is 11.1 Å². The first-order chi connectivity index (χ1) is 11.9. The van der Waals surface area contributed by atoms with Crippen LogP contribution in [0.3, 0.4) is 0 Å². The Morgan fingerprint density at radius 2 is 1.71 bits per heavy atom. The van der Waals surface area contributed by atoms with E-state index in [-0.39, 0.29) is 0 Å². The van der Waals surface area contributed by atoms with Crippen LogP contribution in [-0.4, -0.2) is 13.3 Å². The second-order valence-corrected chi connectivity index (χ2v) is 6.66. The number of thiophene rings is 1. The highest BCUT2D eigenvalue weighted by Gasteiger charge is 2.07.